The van der Waals surface area contributed by atoms with Crippen LogP contribution in [0.25, 0.3) is 0 Å². The van der Waals surface area contributed by atoms with E-state index in [2.05, 4.69) is 0 Å². The second-order valence-corrected chi connectivity index (χ2v) is 2.55. The van der Waals surface area contributed by atoms with Crippen LogP contribution in [0, 0.1) is 5.92 Å². The summed E-state index contributed by atoms with van der Waals surface area (Å²) in [7, 11) is 1.57. The molecule has 0 spiro atoms. The lowest BCUT2D eigenvalue weighted by atomic mass is 10.0. The molecule has 0 aromatic rings. The van der Waals surface area contributed by atoms with E-state index in [0.717, 1.165) is 18.5 Å². The molecule has 1 aliphatic rings. The van der Waals surface area contributed by atoms with Crippen molar-refractivity contribution in [3.05, 3.63) is 24.0 Å². The van der Waals surface area contributed by atoms with Gasteiger partial charge in [0.05, 0.1) is 0 Å². The van der Waals surface area contributed by atoms with Gasteiger partial charge in [0.2, 0.25) is 0 Å². The predicted octanol–water partition coefficient (Wildman–Crippen LogP) is 1.27. The average Bonchev–Trinajstić information content (AvgIpc) is 2.15. The van der Waals surface area contributed by atoms with Gasteiger partial charge in [-0.15, -0.1) is 0 Å². The fourth-order valence-corrected chi connectivity index (χ4v) is 0.952. The zero-order valence-corrected chi connectivity index (χ0v) is 7.03. The maximum absolute atomic E-state index is 10.3. The number of allylic oxidation sites excluding steroid dienone is 3. The maximum Gasteiger partial charge on any atom is 0.188 e. The molecular weight excluding hydrogens is 156 g/mol. The van der Waals surface area contributed by atoms with Crippen molar-refractivity contribution in [1.82, 2.24) is 0 Å². The van der Waals surface area contributed by atoms with Crippen molar-refractivity contribution >= 4 is 6.29 Å². The van der Waals surface area contributed by atoms with Crippen molar-refractivity contribution in [2.75, 3.05) is 13.9 Å². The largest absolute Gasteiger partial charge is 0.468 e. The summed E-state index contributed by atoms with van der Waals surface area (Å²) in [6, 6.07) is 0. The van der Waals surface area contributed by atoms with Gasteiger partial charge < -0.3 is 14.3 Å². The Kier molecular flexibility index (Phi) is 3.54. The smallest absolute Gasteiger partial charge is 0.188 e. The first kappa shape index (κ1) is 9.00. The molecule has 0 N–H and O–H groups in total. The van der Waals surface area contributed by atoms with Gasteiger partial charge in [-0.3, -0.25) is 0 Å². The highest BCUT2D eigenvalue weighted by atomic mass is 16.7. The van der Waals surface area contributed by atoms with Crippen LogP contribution in [0.4, 0.5) is 0 Å². The summed E-state index contributed by atoms with van der Waals surface area (Å²) in [6.45, 7) is 0.252. The Balaban J connectivity index is 2.35. The molecule has 1 atom stereocenters. The van der Waals surface area contributed by atoms with Crippen molar-refractivity contribution < 1.29 is 14.3 Å². The van der Waals surface area contributed by atoms with Crippen molar-refractivity contribution in [3.8, 4) is 0 Å². The number of hydrogen-bond acceptors (Lipinski definition) is 3. The van der Waals surface area contributed by atoms with E-state index in [1.54, 1.807) is 13.2 Å². The maximum atomic E-state index is 10.3. The van der Waals surface area contributed by atoms with Gasteiger partial charge in [-0.1, -0.05) is 6.08 Å². The number of aldehydes is 1. The summed E-state index contributed by atoms with van der Waals surface area (Å²) in [4.78, 5) is 10.3. The molecule has 0 aromatic carbocycles. The second-order valence-electron chi connectivity index (χ2n) is 2.55. The number of carbonyl (C=O) groups excluding carboxylic acids is 1. The lowest BCUT2D eigenvalue weighted by Gasteiger charge is -2.11. The molecule has 0 heterocycles. The van der Waals surface area contributed by atoms with E-state index in [1.807, 2.05) is 12.2 Å². The van der Waals surface area contributed by atoms with Crippen molar-refractivity contribution in [1.29, 1.82) is 0 Å². The molecule has 66 valence electrons. The van der Waals surface area contributed by atoms with E-state index in [9.17, 15) is 4.79 Å². The van der Waals surface area contributed by atoms with Crippen LogP contribution < -0.4 is 0 Å². The summed E-state index contributed by atoms with van der Waals surface area (Å²) < 4.78 is 9.89. The quantitative estimate of drug-likeness (QED) is 0.468. The summed E-state index contributed by atoms with van der Waals surface area (Å²) in [5, 5.41) is 0. The van der Waals surface area contributed by atoms with Gasteiger partial charge in [0.1, 0.15) is 12.0 Å². The molecule has 0 aromatic heterocycles. The molecule has 0 bridgehead atoms. The third-order valence-electron chi connectivity index (χ3n) is 1.62. The lowest BCUT2D eigenvalue weighted by molar-refractivity contribution is -0.109. The van der Waals surface area contributed by atoms with Gasteiger partial charge >= 0.3 is 0 Å². The van der Waals surface area contributed by atoms with Gasteiger partial charge in [-0.25, -0.2) is 0 Å². The lowest BCUT2D eigenvalue weighted by Crippen LogP contribution is -2.03. The Bertz CT molecular complexity index is 206. The fraction of sp³-hybridized carbons (Fsp3) is 0.444. The summed E-state index contributed by atoms with van der Waals surface area (Å²) in [5.74, 6) is 0.787. The number of hydrogen-bond donors (Lipinski definition) is 0. The molecule has 1 rings (SSSR count). The molecule has 0 radical (unpaired) electrons. The molecule has 0 amide bonds. The number of methoxy groups -OCH3 is 1. The van der Waals surface area contributed by atoms with Crippen LogP contribution in [0.15, 0.2) is 24.0 Å². The van der Waals surface area contributed by atoms with E-state index < -0.39 is 0 Å². The van der Waals surface area contributed by atoms with E-state index >= 15 is 0 Å². The van der Waals surface area contributed by atoms with Gasteiger partial charge in [0.25, 0.3) is 0 Å². The van der Waals surface area contributed by atoms with Crippen LogP contribution in [-0.2, 0) is 14.3 Å². The molecule has 0 saturated heterocycles. The molecule has 0 aliphatic heterocycles. The standard InChI is InChI=1S/C9H12O3/c1-11-7-12-9-4-2-8(6-10)3-5-9/h2,4-6,8H,3,7H2,1H3. The molecule has 1 aliphatic carbocycles. The third-order valence-corrected chi connectivity index (χ3v) is 1.62. The third kappa shape index (κ3) is 2.51. The first-order chi connectivity index (χ1) is 5.86. The Morgan fingerprint density at radius 1 is 1.75 bits per heavy atom. The monoisotopic (exact) mass is 168 g/mol. The summed E-state index contributed by atoms with van der Waals surface area (Å²) >= 11 is 0. The number of carbonyl (C=O) groups is 1. The van der Waals surface area contributed by atoms with Crippen molar-refractivity contribution in [2.24, 2.45) is 5.92 Å². The molecule has 3 nitrogen and oxygen atoms in total. The Hall–Kier alpha value is -1.09. The first-order valence-corrected chi connectivity index (χ1v) is 3.82. The Morgan fingerprint density at radius 2 is 2.58 bits per heavy atom. The SMILES string of the molecule is COCOC1=CCC(C=O)C=C1. The van der Waals surface area contributed by atoms with Crippen molar-refractivity contribution in [3.63, 3.8) is 0 Å². The van der Waals surface area contributed by atoms with Gasteiger partial charge in [0.15, 0.2) is 6.79 Å². The molecule has 0 fully saturated rings. The average molecular weight is 168 g/mol. The van der Waals surface area contributed by atoms with Crippen LogP contribution >= 0.6 is 0 Å². The Labute approximate surface area is 71.7 Å². The van der Waals surface area contributed by atoms with E-state index in [0.29, 0.717) is 0 Å². The topological polar surface area (TPSA) is 35.5 Å². The first-order valence-electron chi connectivity index (χ1n) is 3.82. The predicted molar refractivity (Wildman–Crippen MR) is 44.4 cm³/mol. The van der Waals surface area contributed by atoms with Crippen molar-refractivity contribution in [2.45, 2.75) is 6.42 Å². The second kappa shape index (κ2) is 4.72. The Morgan fingerprint density at radius 3 is 3.08 bits per heavy atom. The van der Waals surface area contributed by atoms with E-state index in [-0.39, 0.29) is 12.7 Å². The molecule has 3 heteroatoms. The van der Waals surface area contributed by atoms with Crippen LogP contribution in [0.5, 0.6) is 0 Å². The molecule has 1 unspecified atom stereocenters. The van der Waals surface area contributed by atoms with Crippen LogP contribution in [-0.4, -0.2) is 20.2 Å². The van der Waals surface area contributed by atoms with Crippen LogP contribution in [0.2, 0.25) is 0 Å². The minimum Gasteiger partial charge on any atom is -0.468 e. The number of ether oxygens (including phenoxy) is 2. The zero-order valence-electron chi connectivity index (χ0n) is 7.03. The molecular formula is C9H12O3. The minimum absolute atomic E-state index is 0.0138. The highest BCUT2D eigenvalue weighted by molar-refractivity contribution is 5.58. The van der Waals surface area contributed by atoms with E-state index in [1.165, 1.54) is 0 Å². The van der Waals surface area contributed by atoms with Crippen LogP contribution in [0.1, 0.15) is 6.42 Å². The zero-order chi connectivity index (χ0) is 8.81. The fourth-order valence-electron chi connectivity index (χ4n) is 0.952. The highest BCUT2D eigenvalue weighted by Crippen LogP contribution is 2.14. The van der Waals surface area contributed by atoms with Gasteiger partial charge in [-0.2, -0.15) is 0 Å². The molecule has 12 heavy (non-hydrogen) atoms. The van der Waals surface area contributed by atoms with Crippen LogP contribution in [0.3, 0.4) is 0 Å². The highest BCUT2D eigenvalue weighted by Gasteiger charge is 2.06. The normalized spacial score (nSPS) is 21.8. The molecule has 0 saturated carbocycles. The van der Waals surface area contributed by atoms with Gasteiger partial charge in [-0.05, 0) is 18.6 Å². The minimum atomic E-state index is 0.0138. The summed E-state index contributed by atoms with van der Waals surface area (Å²) in [5.41, 5.74) is 0. The van der Waals surface area contributed by atoms with E-state index in [4.69, 9.17) is 9.47 Å². The number of rotatable bonds is 4. The van der Waals surface area contributed by atoms with Gasteiger partial charge in [0, 0.05) is 13.0 Å². The summed E-state index contributed by atoms with van der Waals surface area (Å²) in [6.07, 6.45) is 7.16.